The van der Waals surface area contributed by atoms with Crippen molar-refractivity contribution in [3.05, 3.63) is 60.2 Å². The van der Waals surface area contributed by atoms with Gasteiger partial charge in [-0.2, -0.15) is 0 Å². The molecule has 0 aliphatic rings. The van der Waals surface area contributed by atoms with Crippen LogP contribution < -0.4 is 0 Å². The molecule has 1 unspecified atom stereocenters. The topological polar surface area (TPSA) is 46.6 Å². The van der Waals surface area contributed by atoms with E-state index in [4.69, 9.17) is 4.74 Å². The lowest BCUT2D eigenvalue weighted by molar-refractivity contribution is -0.117. The van der Waals surface area contributed by atoms with E-state index in [1.807, 2.05) is 54.6 Å². The van der Waals surface area contributed by atoms with Crippen LogP contribution >= 0.6 is 0 Å². The maximum absolute atomic E-state index is 12.5. The number of rotatable bonds is 4. The standard InChI is InChI=1S/C21H25NO3/c1-20(2,3)25-19(24)22(5)21(4,15-23)18-14-10-9-13-17(18)16-11-7-6-8-12-16/h6-15H,1-5H3. The molecular weight excluding hydrogens is 314 g/mol. The van der Waals surface area contributed by atoms with Crippen LogP contribution in [0.2, 0.25) is 0 Å². The number of carbonyl (C=O) groups is 2. The highest BCUT2D eigenvalue weighted by Gasteiger charge is 2.38. The van der Waals surface area contributed by atoms with Crippen LogP contribution in [0.3, 0.4) is 0 Å². The predicted molar refractivity (Wildman–Crippen MR) is 99.3 cm³/mol. The normalized spacial score (nSPS) is 13.6. The first-order valence-corrected chi connectivity index (χ1v) is 8.27. The summed E-state index contributed by atoms with van der Waals surface area (Å²) in [4.78, 5) is 26.0. The molecule has 1 atom stereocenters. The van der Waals surface area contributed by atoms with Gasteiger partial charge in [-0.25, -0.2) is 4.79 Å². The number of carbonyl (C=O) groups excluding carboxylic acids is 2. The highest BCUT2D eigenvalue weighted by Crippen LogP contribution is 2.34. The lowest BCUT2D eigenvalue weighted by atomic mass is 9.85. The third kappa shape index (κ3) is 4.08. The van der Waals surface area contributed by atoms with Crippen molar-refractivity contribution < 1.29 is 14.3 Å². The summed E-state index contributed by atoms with van der Waals surface area (Å²) >= 11 is 0. The number of ether oxygens (including phenoxy) is 1. The third-order valence-electron chi connectivity index (χ3n) is 4.15. The Morgan fingerprint density at radius 2 is 1.52 bits per heavy atom. The van der Waals surface area contributed by atoms with Gasteiger partial charge in [0, 0.05) is 7.05 Å². The third-order valence-corrected chi connectivity index (χ3v) is 4.15. The van der Waals surface area contributed by atoms with Gasteiger partial charge in [-0.3, -0.25) is 4.90 Å². The summed E-state index contributed by atoms with van der Waals surface area (Å²) in [5.74, 6) is 0. The van der Waals surface area contributed by atoms with Crippen molar-refractivity contribution in [2.75, 3.05) is 7.05 Å². The molecule has 0 aromatic heterocycles. The molecule has 0 radical (unpaired) electrons. The number of hydrogen-bond donors (Lipinski definition) is 0. The van der Waals surface area contributed by atoms with Gasteiger partial charge in [0.05, 0.1) is 0 Å². The Morgan fingerprint density at radius 3 is 2.08 bits per heavy atom. The van der Waals surface area contributed by atoms with Gasteiger partial charge >= 0.3 is 6.09 Å². The molecule has 25 heavy (non-hydrogen) atoms. The van der Waals surface area contributed by atoms with E-state index < -0.39 is 17.2 Å². The molecule has 0 heterocycles. The summed E-state index contributed by atoms with van der Waals surface area (Å²) in [6.45, 7) is 7.13. The van der Waals surface area contributed by atoms with Crippen LogP contribution in [0.5, 0.6) is 0 Å². The number of amides is 1. The fraction of sp³-hybridized carbons (Fsp3) is 0.333. The molecule has 4 nitrogen and oxygen atoms in total. The van der Waals surface area contributed by atoms with E-state index in [9.17, 15) is 9.59 Å². The van der Waals surface area contributed by atoms with Gasteiger partial charge in [0.15, 0.2) is 0 Å². The molecule has 0 N–H and O–H groups in total. The molecular formula is C21H25NO3. The highest BCUT2D eigenvalue weighted by molar-refractivity contribution is 5.82. The summed E-state index contributed by atoms with van der Waals surface area (Å²) in [7, 11) is 1.59. The van der Waals surface area contributed by atoms with Crippen molar-refractivity contribution in [3.63, 3.8) is 0 Å². The Hall–Kier alpha value is -2.62. The Kier molecular flexibility index (Phi) is 5.31. The van der Waals surface area contributed by atoms with Gasteiger partial charge in [0.2, 0.25) is 0 Å². The van der Waals surface area contributed by atoms with Crippen LogP contribution in [0, 0.1) is 0 Å². The Bertz CT molecular complexity index is 749. The second kappa shape index (κ2) is 7.09. The van der Waals surface area contributed by atoms with E-state index >= 15 is 0 Å². The van der Waals surface area contributed by atoms with Crippen LogP contribution in [-0.4, -0.2) is 29.9 Å². The van der Waals surface area contributed by atoms with E-state index in [1.165, 1.54) is 4.90 Å². The van der Waals surface area contributed by atoms with Crippen LogP contribution in [0.4, 0.5) is 4.79 Å². The lowest BCUT2D eigenvalue weighted by Gasteiger charge is -2.36. The number of likely N-dealkylation sites (N-methyl/N-ethyl adjacent to an activating group) is 1. The molecule has 1 amide bonds. The first-order valence-electron chi connectivity index (χ1n) is 8.27. The smallest absolute Gasteiger partial charge is 0.411 e. The molecule has 0 aliphatic heterocycles. The maximum atomic E-state index is 12.5. The minimum Gasteiger partial charge on any atom is -0.444 e. The number of hydrogen-bond acceptors (Lipinski definition) is 3. The Morgan fingerprint density at radius 1 is 0.960 bits per heavy atom. The van der Waals surface area contributed by atoms with Crippen molar-refractivity contribution >= 4 is 12.4 Å². The SMILES string of the molecule is CN(C(=O)OC(C)(C)C)C(C)(C=O)c1ccccc1-c1ccccc1. The van der Waals surface area contributed by atoms with Crippen LogP contribution in [-0.2, 0) is 15.1 Å². The van der Waals surface area contributed by atoms with Gasteiger partial charge in [-0.05, 0) is 44.4 Å². The van der Waals surface area contributed by atoms with Gasteiger partial charge < -0.3 is 9.53 Å². The van der Waals surface area contributed by atoms with Crippen LogP contribution in [0.25, 0.3) is 11.1 Å². The Balaban J connectivity index is 2.50. The maximum Gasteiger partial charge on any atom is 0.411 e. The fourth-order valence-corrected chi connectivity index (χ4v) is 2.64. The molecule has 0 bridgehead atoms. The minimum absolute atomic E-state index is 0.537. The Labute approximate surface area is 149 Å². The molecule has 132 valence electrons. The van der Waals surface area contributed by atoms with Crippen LogP contribution in [0.1, 0.15) is 33.3 Å². The largest absolute Gasteiger partial charge is 0.444 e. The molecule has 0 fully saturated rings. The van der Waals surface area contributed by atoms with Crippen LogP contribution in [0.15, 0.2) is 54.6 Å². The van der Waals surface area contributed by atoms with Gasteiger partial charge in [0.1, 0.15) is 17.4 Å². The summed E-state index contributed by atoms with van der Waals surface area (Å²) in [6, 6.07) is 17.4. The van der Waals surface area contributed by atoms with Gasteiger partial charge in [-0.1, -0.05) is 54.6 Å². The number of benzene rings is 2. The molecule has 0 saturated carbocycles. The second-order valence-electron chi connectivity index (χ2n) is 7.22. The number of aldehydes is 1. The zero-order valence-corrected chi connectivity index (χ0v) is 15.4. The van der Waals surface area contributed by atoms with E-state index in [2.05, 4.69) is 0 Å². The van der Waals surface area contributed by atoms with Gasteiger partial charge in [0.25, 0.3) is 0 Å². The summed E-state index contributed by atoms with van der Waals surface area (Å²) in [5.41, 5.74) is 0.879. The number of nitrogens with zero attached hydrogens (tertiary/aromatic N) is 1. The molecule has 0 saturated heterocycles. The average Bonchev–Trinajstić information content (AvgIpc) is 2.59. The molecule has 0 spiro atoms. The zero-order valence-electron chi connectivity index (χ0n) is 15.4. The summed E-state index contributed by atoms with van der Waals surface area (Å²) in [5, 5.41) is 0. The quantitative estimate of drug-likeness (QED) is 0.763. The van der Waals surface area contributed by atoms with E-state index in [0.29, 0.717) is 0 Å². The minimum atomic E-state index is -1.14. The summed E-state index contributed by atoms with van der Waals surface area (Å²) < 4.78 is 5.44. The summed E-state index contributed by atoms with van der Waals surface area (Å²) in [6.07, 6.45) is 0.253. The van der Waals surface area contributed by atoms with Crippen molar-refractivity contribution in [2.24, 2.45) is 0 Å². The fourth-order valence-electron chi connectivity index (χ4n) is 2.64. The second-order valence-corrected chi connectivity index (χ2v) is 7.22. The van der Waals surface area contributed by atoms with Crippen molar-refractivity contribution in [3.8, 4) is 11.1 Å². The lowest BCUT2D eigenvalue weighted by Crippen LogP contribution is -2.48. The average molecular weight is 339 g/mol. The first-order chi connectivity index (χ1) is 11.7. The molecule has 4 heteroatoms. The first kappa shape index (κ1) is 18.7. The molecule has 2 aromatic rings. The van der Waals surface area contributed by atoms with E-state index in [1.54, 1.807) is 34.7 Å². The van der Waals surface area contributed by atoms with E-state index in [-0.39, 0.29) is 0 Å². The predicted octanol–water partition coefficient (Wildman–Crippen LogP) is 4.63. The molecule has 2 aromatic carbocycles. The van der Waals surface area contributed by atoms with Crippen molar-refractivity contribution in [2.45, 2.75) is 38.8 Å². The van der Waals surface area contributed by atoms with Crippen molar-refractivity contribution in [1.82, 2.24) is 4.90 Å². The van der Waals surface area contributed by atoms with Crippen molar-refractivity contribution in [1.29, 1.82) is 0 Å². The molecule has 2 rings (SSSR count). The zero-order chi connectivity index (χ0) is 18.7. The highest BCUT2D eigenvalue weighted by atomic mass is 16.6. The van der Waals surface area contributed by atoms with E-state index in [0.717, 1.165) is 23.0 Å². The molecule has 0 aliphatic carbocycles. The monoisotopic (exact) mass is 339 g/mol. The van der Waals surface area contributed by atoms with Gasteiger partial charge in [-0.15, -0.1) is 0 Å².